The van der Waals surface area contributed by atoms with Gasteiger partial charge in [0.05, 0.1) is 10.5 Å². The van der Waals surface area contributed by atoms with Gasteiger partial charge in [0.1, 0.15) is 10.1 Å². The van der Waals surface area contributed by atoms with Gasteiger partial charge in [-0.1, -0.05) is 36.1 Å². The predicted octanol–water partition coefficient (Wildman–Crippen LogP) is 3.71. The molecular formula is C21H18N2O5S2. The molecule has 1 heterocycles. The standard InChI is InChI=1S/C21H18N2O5S2/c24-16-4-1-3-13(11-16)12-17-19(26)23(21(29)30-17)10-2-5-18(25)22-15-8-6-14(7-9-15)20(27)28/h1,3-4,6-9,11-12,24H,2,5,10H2,(H,22,25)(H,27,28)/b17-12-. The van der Waals surface area contributed by atoms with Gasteiger partial charge in [0, 0.05) is 18.7 Å². The molecule has 1 aliphatic heterocycles. The summed E-state index contributed by atoms with van der Waals surface area (Å²) in [6.45, 7) is 0.313. The maximum absolute atomic E-state index is 12.6. The SMILES string of the molecule is O=C(CCCN1C(=O)/C(=C/c2cccc(O)c2)SC1=S)Nc1ccc(C(=O)O)cc1. The number of carboxylic acids is 1. The highest BCUT2D eigenvalue weighted by Crippen LogP contribution is 2.33. The highest BCUT2D eigenvalue weighted by atomic mass is 32.2. The number of hydrogen-bond donors (Lipinski definition) is 3. The van der Waals surface area contributed by atoms with Gasteiger partial charge in [-0.05, 0) is 54.5 Å². The van der Waals surface area contributed by atoms with Crippen LogP contribution in [0.5, 0.6) is 5.75 Å². The number of amides is 2. The summed E-state index contributed by atoms with van der Waals surface area (Å²) < 4.78 is 0.427. The molecule has 1 saturated heterocycles. The van der Waals surface area contributed by atoms with Gasteiger partial charge in [0.2, 0.25) is 5.91 Å². The van der Waals surface area contributed by atoms with E-state index in [0.29, 0.717) is 33.4 Å². The Labute approximate surface area is 182 Å². The Morgan fingerprint density at radius 3 is 2.57 bits per heavy atom. The van der Waals surface area contributed by atoms with E-state index in [1.165, 1.54) is 40.9 Å². The third-order valence-electron chi connectivity index (χ3n) is 4.24. The second-order valence-electron chi connectivity index (χ2n) is 6.46. The summed E-state index contributed by atoms with van der Waals surface area (Å²) >= 11 is 6.47. The van der Waals surface area contributed by atoms with Crippen LogP contribution in [0.4, 0.5) is 5.69 Å². The van der Waals surface area contributed by atoms with Crippen LogP contribution in [0.15, 0.2) is 53.4 Å². The van der Waals surface area contributed by atoms with Crippen LogP contribution < -0.4 is 5.32 Å². The number of thiocarbonyl (C=S) groups is 1. The summed E-state index contributed by atoms with van der Waals surface area (Å²) in [5.41, 5.74) is 1.34. The Morgan fingerprint density at radius 1 is 1.17 bits per heavy atom. The van der Waals surface area contributed by atoms with Crippen LogP contribution in [0.3, 0.4) is 0 Å². The lowest BCUT2D eigenvalue weighted by molar-refractivity contribution is -0.122. The first-order chi connectivity index (χ1) is 14.3. The second-order valence-corrected chi connectivity index (χ2v) is 8.14. The predicted molar refractivity (Wildman–Crippen MR) is 119 cm³/mol. The molecule has 0 unspecified atom stereocenters. The first kappa shape index (κ1) is 21.5. The van der Waals surface area contributed by atoms with Crippen LogP contribution in [0.1, 0.15) is 28.8 Å². The zero-order valence-electron chi connectivity index (χ0n) is 15.7. The molecule has 3 rings (SSSR count). The third-order valence-corrected chi connectivity index (χ3v) is 5.62. The molecule has 0 aromatic heterocycles. The van der Waals surface area contributed by atoms with Crippen molar-refractivity contribution in [1.29, 1.82) is 0 Å². The van der Waals surface area contributed by atoms with Gasteiger partial charge in [0.15, 0.2) is 0 Å². The van der Waals surface area contributed by atoms with Gasteiger partial charge in [-0.3, -0.25) is 14.5 Å². The molecule has 9 heteroatoms. The van der Waals surface area contributed by atoms with Gasteiger partial charge in [-0.15, -0.1) is 0 Å². The van der Waals surface area contributed by atoms with E-state index in [9.17, 15) is 19.5 Å². The van der Waals surface area contributed by atoms with Gasteiger partial charge in [-0.2, -0.15) is 0 Å². The fourth-order valence-corrected chi connectivity index (χ4v) is 4.08. The second kappa shape index (κ2) is 9.55. The summed E-state index contributed by atoms with van der Waals surface area (Å²) in [7, 11) is 0. The number of carbonyl (C=O) groups is 3. The van der Waals surface area contributed by atoms with E-state index in [0.717, 1.165) is 0 Å². The quantitative estimate of drug-likeness (QED) is 0.443. The Balaban J connectivity index is 1.51. The summed E-state index contributed by atoms with van der Waals surface area (Å²) in [5, 5.41) is 21.1. The van der Waals surface area contributed by atoms with E-state index in [2.05, 4.69) is 5.32 Å². The molecule has 1 aliphatic rings. The Morgan fingerprint density at radius 2 is 1.90 bits per heavy atom. The number of phenols is 1. The van der Waals surface area contributed by atoms with E-state index in [1.54, 1.807) is 30.3 Å². The molecule has 154 valence electrons. The van der Waals surface area contributed by atoms with E-state index in [1.807, 2.05) is 0 Å². The van der Waals surface area contributed by atoms with Crippen LogP contribution in [0, 0.1) is 0 Å². The highest BCUT2D eigenvalue weighted by molar-refractivity contribution is 8.26. The number of carboxylic acid groups (broad SMARTS) is 1. The molecule has 1 fully saturated rings. The van der Waals surface area contributed by atoms with E-state index in [-0.39, 0.29) is 29.5 Å². The minimum Gasteiger partial charge on any atom is -0.508 e. The highest BCUT2D eigenvalue weighted by Gasteiger charge is 2.31. The number of benzene rings is 2. The summed E-state index contributed by atoms with van der Waals surface area (Å²) in [6.07, 6.45) is 2.28. The van der Waals surface area contributed by atoms with Crippen molar-refractivity contribution in [3.05, 3.63) is 64.6 Å². The molecule has 0 spiro atoms. The number of aromatic hydroxyl groups is 1. The summed E-state index contributed by atoms with van der Waals surface area (Å²) in [5.74, 6) is -1.38. The number of aromatic carboxylic acids is 1. The molecule has 2 aromatic carbocycles. The van der Waals surface area contributed by atoms with Crippen LogP contribution >= 0.6 is 24.0 Å². The van der Waals surface area contributed by atoms with Crippen molar-refractivity contribution < 1.29 is 24.6 Å². The molecule has 2 amide bonds. The Hall–Kier alpha value is -3.17. The number of carbonyl (C=O) groups excluding carboxylic acids is 2. The van der Waals surface area contributed by atoms with Crippen molar-refractivity contribution >= 4 is 57.8 Å². The monoisotopic (exact) mass is 442 g/mol. The number of phenolic OH excluding ortho intramolecular Hbond substituents is 1. The van der Waals surface area contributed by atoms with Gasteiger partial charge >= 0.3 is 5.97 Å². The van der Waals surface area contributed by atoms with Crippen molar-refractivity contribution in [3.8, 4) is 5.75 Å². The molecule has 0 saturated carbocycles. The van der Waals surface area contributed by atoms with Crippen LogP contribution in [0.2, 0.25) is 0 Å². The van der Waals surface area contributed by atoms with Gasteiger partial charge in [-0.25, -0.2) is 4.79 Å². The number of nitrogens with one attached hydrogen (secondary N) is 1. The van der Waals surface area contributed by atoms with Crippen molar-refractivity contribution in [2.45, 2.75) is 12.8 Å². The zero-order chi connectivity index (χ0) is 21.7. The number of thioether (sulfide) groups is 1. The van der Waals surface area contributed by atoms with Crippen molar-refractivity contribution in [2.75, 3.05) is 11.9 Å². The first-order valence-electron chi connectivity index (χ1n) is 9.01. The molecule has 3 N–H and O–H groups in total. The van der Waals surface area contributed by atoms with E-state index < -0.39 is 5.97 Å². The molecule has 0 aliphatic carbocycles. The zero-order valence-corrected chi connectivity index (χ0v) is 17.3. The fourth-order valence-electron chi connectivity index (χ4n) is 2.78. The lowest BCUT2D eigenvalue weighted by atomic mass is 10.2. The average Bonchev–Trinajstić information content (AvgIpc) is 2.95. The minimum absolute atomic E-state index is 0.114. The van der Waals surface area contributed by atoms with Gasteiger partial charge in [0.25, 0.3) is 5.91 Å². The minimum atomic E-state index is -1.03. The molecule has 30 heavy (non-hydrogen) atoms. The number of anilines is 1. The summed E-state index contributed by atoms with van der Waals surface area (Å²) in [4.78, 5) is 37.5. The number of rotatable bonds is 7. The largest absolute Gasteiger partial charge is 0.508 e. The summed E-state index contributed by atoms with van der Waals surface area (Å²) in [6, 6.07) is 12.4. The topological polar surface area (TPSA) is 107 Å². The smallest absolute Gasteiger partial charge is 0.335 e. The molecule has 0 radical (unpaired) electrons. The third kappa shape index (κ3) is 5.46. The van der Waals surface area contributed by atoms with Gasteiger partial charge < -0.3 is 15.5 Å². The molecule has 0 atom stereocenters. The van der Waals surface area contributed by atoms with Crippen LogP contribution in [-0.4, -0.2) is 43.8 Å². The molecule has 0 bridgehead atoms. The lowest BCUT2D eigenvalue weighted by Crippen LogP contribution is -2.29. The molecule has 2 aromatic rings. The maximum atomic E-state index is 12.6. The van der Waals surface area contributed by atoms with Crippen LogP contribution in [0.25, 0.3) is 6.08 Å². The Bertz CT molecular complexity index is 1030. The lowest BCUT2D eigenvalue weighted by Gasteiger charge is -2.14. The maximum Gasteiger partial charge on any atom is 0.335 e. The normalized spacial score (nSPS) is 14.9. The number of nitrogens with zero attached hydrogens (tertiary/aromatic N) is 1. The first-order valence-corrected chi connectivity index (χ1v) is 10.2. The van der Waals surface area contributed by atoms with Crippen molar-refractivity contribution in [3.63, 3.8) is 0 Å². The van der Waals surface area contributed by atoms with Crippen molar-refractivity contribution in [2.24, 2.45) is 0 Å². The molecule has 7 nitrogen and oxygen atoms in total. The number of hydrogen-bond acceptors (Lipinski definition) is 6. The average molecular weight is 443 g/mol. The van der Waals surface area contributed by atoms with E-state index >= 15 is 0 Å². The molecular weight excluding hydrogens is 424 g/mol. The Kier molecular flexibility index (Phi) is 6.86. The van der Waals surface area contributed by atoms with Crippen LogP contribution in [-0.2, 0) is 9.59 Å². The van der Waals surface area contributed by atoms with Crippen molar-refractivity contribution in [1.82, 2.24) is 4.90 Å². The fraction of sp³-hybridized carbons (Fsp3) is 0.143. The van der Waals surface area contributed by atoms with E-state index in [4.69, 9.17) is 17.3 Å².